The molecule has 1 aromatic heterocycles. The number of aliphatic hydroxyl groups is 1. The van der Waals surface area contributed by atoms with E-state index >= 15 is 0 Å². The molecule has 0 aliphatic heterocycles. The summed E-state index contributed by atoms with van der Waals surface area (Å²) in [5, 5.41) is 10.4. The van der Waals surface area contributed by atoms with Crippen LogP contribution >= 0.6 is 0 Å². The largest absolute Gasteiger partial charge is 0.496 e. The fourth-order valence-corrected chi connectivity index (χ4v) is 1.89. The average molecular weight is 232 g/mol. The number of rotatable bonds is 4. The minimum Gasteiger partial charge on any atom is -0.496 e. The second kappa shape index (κ2) is 4.63. The molecular weight excluding hydrogens is 216 g/mol. The van der Waals surface area contributed by atoms with Gasteiger partial charge in [0.05, 0.1) is 25.2 Å². The Labute approximate surface area is 101 Å². The molecule has 0 bridgehead atoms. The van der Waals surface area contributed by atoms with Gasteiger partial charge in [-0.15, -0.1) is 0 Å². The summed E-state index contributed by atoms with van der Waals surface area (Å²) in [5.41, 5.74) is 0.784. The number of para-hydroxylation sites is 1. The van der Waals surface area contributed by atoms with Crippen molar-refractivity contribution in [2.75, 3.05) is 7.11 Å². The maximum absolute atomic E-state index is 10.4. The van der Waals surface area contributed by atoms with E-state index in [4.69, 9.17) is 9.15 Å². The zero-order valence-corrected chi connectivity index (χ0v) is 10.0. The van der Waals surface area contributed by atoms with Crippen molar-refractivity contribution in [1.29, 1.82) is 0 Å². The number of benzene rings is 1. The number of hydrogen-bond acceptors (Lipinski definition) is 3. The molecule has 17 heavy (non-hydrogen) atoms. The van der Waals surface area contributed by atoms with E-state index in [1.54, 1.807) is 32.6 Å². The summed E-state index contributed by atoms with van der Waals surface area (Å²) in [6.45, 7) is 1.77. The monoisotopic (exact) mass is 232 g/mol. The molecule has 1 atom stereocenters. The highest BCUT2D eigenvalue weighted by Gasteiger charge is 2.25. The van der Waals surface area contributed by atoms with Gasteiger partial charge in [0.15, 0.2) is 0 Å². The summed E-state index contributed by atoms with van der Waals surface area (Å²) in [6, 6.07) is 9.46. The van der Waals surface area contributed by atoms with Crippen molar-refractivity contribution in [2.45, 2.75) is 18.9 Å². The van der Waals surface area contributed by atoms with Crippen LogP contribution in [0, 0.1) is 0 Å². The Hall–Kier alpha value is -1.74. The van der Waals surface area contributed by atoms with Crippen LogP contribution in [0.2, 0.25) is 0 Å². The summed E-state index contributed by atoms with van der Waals surface area (Å²) in [6.07, 6.45) is 3.61. The maximum Gasteiger partial charge on any atom is 0.122 e. The van der Waals surface area contributed by atoms with Crippen LogP contribution in [0.1, 0.15) is 18.1 Å². The fourth-order valence-electron chi connectivity index (χ4n) is 1.89. The first-order valence-electron chi connectivity index (χ1n) is 5.50. The van der Waals surface area contributed by atoms with Crippen LogP contribution in [0.15, 0.2) is 47.3 Å². The highest BCUT2D eigenvalue weighted by molar-refractivity contribution is 5.35. The molecule has 0 fully saturated rings. The molecular formula is C14H16O3. The summed E-state index contributed by atoms with van der Waals surface area (Å²) in [4.78, 5) is 0. The van der Waals surface area contributed by atoms with E-state index in [0.29, 0.717) is 6.42 Å². The first-order chi connectivity index (χ1) is 8.13. The van der Waals surface area contributed by atoms with Crippen molar-refractivity contribution in [3.05, 3.63) is 54.0 Å². The van der Waals surface area contributed by atoms with Crippen LogP contribution < -0.4 is 4.74 Å². The van der Waals surface area contributed by atoms with Gasteiger partial charge in [-0.25, -0.2) is 0 Å². The van der Waals surface area contributed by atoms with Crippen molar-refractivity contribution in [3.63, 3.8) is 0 Å². The van der Waals surface area contributed by atoms with Gasteiger partial charge in [-0.3, -0.25) is 0 Å². The topological polar surface area (TPSA) is 42.6 Å². The number of methoxy groups -OCH3 is 1. The first kappa shape index (κ1) is 11.7. The molecule has 2 aromatic rings. The Morgan fingerprint density at radius 2 is 2.06 bits per heavy atom. The summed E-state index contributed by atoms with van der Waals surface area (Å²) < 4.78 is 10.3. The third-order valence-electron chi connectivity index (χ3n) is 2.87. The third kappa shape index (κ3) is 2.50. The zero-order chi connectivity index (χ0) is 12.3. The van der Waals surface area contributed by atoms with Gasteiger partial charge in [0.1, 0.15) is 5.75 Å². The second-order valence-corrected chi connectivity index (χ2v) is 4.27. The van der Waals surface area contributed by atoms with Crippen LogP contribution in [-0.4, -0.2) is 12.2 Å². The zero-order valence-electron chi connectivity index (χ0n) is 10.0. The number of hydrogen-bond donors (Lipinski definition) is 1. The molecule has 1 aromatic carbocycles. The summed E-state index contributed by atoms with van der Waals surface area (Å²) >= 11 is 0. The molecule has 1 unspecified atom stereocenters. The molecule has 3 heteroatoms. The third-order valence-corrected chi connectivity index (χ3v) is 2.87. The lowest BCUT2D eigenvalue weighted by Gasteiger charge is -2.22. The molecule has 90 valence electrons. The van der Waals surface area contributed by atoms with Gasteiger partial charge in [0, 0.05) is 12.0 Å². The van der Waals surface area contributed by atoms with Gasteiger partial charge in [0.25, 0.3) is 0 Å². The minimum atomic E-state index is -0.957. The molecule has 2 rings (SSSR count). The highest BCUT2D eigenvalue weighted by Crippen LogP contribution is 2.29. The van der Waals surface area contributed by atoms with Crippen molar-refractivity contribution in [3.8, 4) is 5.75 Å². The summed E-state index contributed by atoms with van der Waals surface area (Å²) in [7, 11) is 1.63. The molecule has 1 N–H and O–H groups in total. The Morgan fingerprint density at radius 3 is 2.71 bits per heavy atom. The highest BCUT2D eigenvalue weighted by atomic mass is 16.5. The molecule has 0 aliphatic rings. The molecule has 3 nitrogen and oxygen atoms in total. The summed E-state index contributed by atoms with van der Waals surface area (Å²) in [5.74, 6) is 0.788. The van der Waals surface area contributed by atoms with Crippen molar-refractivity contribution >= 4 is 0 Å². The van der Waals surface area contributed by atoms with Gasteiger partial charge in [-0.05, 0) is 24.6 Å². The van der Waals surface area contributed by atoms with E-state index in [-0.39, 0.29) is 0 Å². The normalized spacial score (nSPS) is 14.3. The van der Waals surface area contributed by atoms with Crippen molar-refractivity contribution < 1.29 is 14.3 Å². The predicted octanol–water partition coefficient (Wildman–Crippen LogP) is 2.74. The van der Waals surface area contributed by atoms with Gasteiger partial charge in [-0.2, -0.15) is 0 Å². The van der Waals surface area contributed by atoms with Crippen LogP contribution in [-0.2, 0) is 12.0 Å². The minimum absolute atomic E-state index is 0.483. The Bertz CT molecular complexity index is 472. The average Bonchev–Trinajstić information content (AvgIpc) is 2.83. The number of furan rings is 1. The van der Waals surface area contributed by atoms with E-state index in [1.165, 1.54) is 0 Å². The second-order valence-electron chi connectivity index (χ2n) is 4.27. The standard InChI is InChI=1S/C14H16O3/c1-14(15,12-7-8-17-10-12)9-11-5-3-4-6-13(11)16-2/h3-8,10,15H,9H2,1-2H3. The fraction of sp³-hybridized carbons (Fsp3) is 0.286. The van der Waals surface area contributed by atoms with E-state index in [9.17, 15) is 5.11 Å². The van der Waals surface area contributed by atoms with Crippen molar-refractivity contribution in [2.24, 2.45) is 0 Å². The quantitative estimate of drug-likeness (QED) is 0.881. The van der Waals surface area contributed by atoms with E-state index in [1.807, 2.05) is 24.3 Å². The molecule has 0 radical (unpaired) electrons. The molecule has 0 saturated heterocycles. The molecule has 0 spiro atoms. The van der Waals surface area contributed by atoms with Crippen LogP contribution in [0.4, 0.5) is 0 Å². The van der Waals surface area contributed by atoms with E-state index in [2.05, 4.69) is 0 Å². The Kier molecular flexibility index (Phi) is 3.20. The van der Waals surface area contributed by atoms with Gasteiger partial charge in [0.2, 0.25) is 0 Å². The van der Waals surface area contributed by atoms with Crippen LogP contribution in [0.25, 0.3) is 0 Å². The van der Waals surface area contributed by atoms with Crippen molar-refractivity contribution in [1.82, 2.24) is 0 Å². The van der Waals surface area contributed by atoms with Crippen LogP contribution in [0.5, 0.6) is 5.75 Å². The van der Waals surface area contributed by atoms with Gasteiger partial charge >= 0.3 is 0 Å². The maximum atomic E-state index is 10.4. The lowest BCUT2D eigenvalue weighted by Crippen LogP contribution is -2.23. The molecule has 1 heterocycles. The Morgan fingerprint density at radius 1 is 1.29 bits per heavy atom. The van der Waals surface area contributed by atoms with E-state index < -0.39 is 5.60 Å². The Balaban J connectivity index is 2.26. The predicted molar refractivity (Wildman–Crippen MR) is 65.0 cm³/mol. The lowest BCUT2D eigenvalue weighted by atomic mass is 9.90. The molecule has 0 aliphatic carbocycles. The SMILES string of the molecule is COc1ccccc1CC(C)(O)c1ccoc1. The number of ether oxygens (including phenoxy) is 1. The first-order valence-corrected chi connectivity index (χ1v) is 5.50. The van der Waals surface area contributed by atoms with Gasteiger partial charge < -0.3 is 14.3 Å². The van der Waals surface area contributed by atoms with Gasteiger partial charge in [-0.1, -0.05) is 18.2 Å². The lowest BCUT2D eigenvalue weighted by molar-refractivity contribution is 0.0563. The van der Waals surface area contributed by atoms with E-state index in [0.717, 1.165) is 16.9 Å². The molecule has 0 saturated carbocycles. The van der Waals surface area contributed by atoms with Crippen LogP contribution in [0.3, 0.4) is 0 Å². The molecule has 0 amide bonds. The smallest absolute Gasteiger partial charge is 0.122 e.